The lowest BCUT2D eigenvalue weighted by Gasteiger charge is -2.37. The first-order valence-corrected chi connectivity index (χ1v) is 9.27. The SMILES string of the molecule is CC(c1ccc(F)cc1)N1C=C(C#N)C=C[C@H]1NCc1ccc(Br)cc1F. The Morgan fingerprint density at radius 2 is 1.96 bits per heavy atom. The smallest absolute Gasteiger partial charge is 0.128 e. The zero-order valence-corrected chi connectivity index (χ0v) is 16.2. The molecule has 1 aliphatic rings. The van der Waals surface area contributed by atoms with Gasteiger partial charge in [0.1, 0.15) is 17.7 Å². The van der Waals surface area contributed by atoms with Gasteiger partial charge in [-0.25, -0.2) is 8.78 Å². The largest absolute Gasteiger partial charge is 0.351 e. The van der Waals surface area contributed by atoms with Crippen LogP contribution in [0, 0.1) is 23.0 Å². The molecule has 1 unspecified atom stereocenters. The van der Waals surface area contributed by atoms with Gasteiger partial charge in [-0.15, -0.1) is 0 Å². The molecule has 0 spiro atoms. The summed E-state index contributed by atoms with van der Waals surface area (Å²) in [5.41, 5.74) is 2.00. The average Bonchev–Trinajstić information content (AvgIpc) is 2.67. The summed E-state index contributed by atoms with van der Waals surface area (Å²) in [5.74, 6) is -0.582. The summed E-state index contributed by atoms with van der Waals surface area (Å²) in [7, 11) is 0. The fourth-order valence-electron chi connectivity index (χ4n) is 2.96. The van der Waals surface area contributed by atoms with E-state index in [1.54, 1.807) is 36.5 Å². The first-order chi connectivity index (χ1) is 13.0. The zero-order valence-electron chi connectivity index (χ0n) is 14.7. The second kappa shape index (κ2) is 8.47. The van der Waals surface area contributed by atoms with Crippen LogP contribution in [0.2, 0.25) is 0 Å². The number of nitrogens with one attached hydrogen (secondary N) is 1. The number of hydrogen-bond donors (Lipinski definition) is 1. The van der Waals surface area contributed by atoms with E-state index in [0.29, 0.717) is 22.2 Å². The predicted octanol–water partition coefficient (Wildman–Crippen LogP) is 5.18. The molecule has 0 fully saturated rings. The molecular weight excluding hydrogens is 412 g/mol. The van der Waals surface area contributed by atoms with Crippen LogP contribution in [0.5, 0.6) is 0 Å². The summed E-state index contributed by atoms with van der Waals surface area (Å²) in [4.78, 5) is 1.97. The van der Waals surface area contributed by atoms with Crippen molar-refractivity contribution in [3.8, 4) is 6.07 Å². The fraction of sp³-hybridized carbons (Fsp3) is 0.190. The Bertz CT molecular complexity index is 916. The molecule has 2 atom stereocenters. The maximum Gasteiger partial charge on any atom is 0.128 e. The van der Waals surface area contributed by atoms with Crippen LogP contribution in [-0.2, 0) is 6.54 Å². The molecular formula is C21H18BrF2N3. The Hall–Kier alpha value is -2.49. The summed E-state index contributed by atoms with van der Waals surface area (Å²) in [6.45, 7) is 2.31. The minimum Gasteiger partial charge on any atom is -0.351 e. The predicted molar refractivity (Wildman–Crippen MR) is 104 cm³/mol. The highest BCUT2D eigenvalue weighted by Gasteiger charge is 2.23. The molecule has 27 heavy (non-hydrogen) atoms. The molecule has 0 bridgehead atoms. The van der Waals surface area contributed by atoms with Gasteiger partial charge in [0.25, 0.3) is 0 Å². The van der Waals surface area contributed by atoms with E-state index in [2.05, 4.69) is 27.3 Å². The van der Waals surface area contributed by atoms with E-state index in [0.717, 1.165) is 5.56 Å². The highest BCUT2D eigenvalue weighted by Crippen LogP contribution is 2.26. The molecule has 3 rings (SSSR count). The maximum atomic E-state index is 14.1. The van der Waals surface area contributed by atoms with E-state index in [9.17, 15) is 14.0 Å². The second-order valence-corrected chi connectivity index (χ2v) is 7.21. The number of hydrogen-bond acceptors (Lipinski definition) is 3. The Balaban J connectivity index is 1.80. The van der Waals surface area contributed by atoms with Crippen molar-refractivity contribution in [2.24, 2.45) is 0 Å². The number of rotatable bonds is 5. The van der Waals surface area contributed by atoms with Crippen molar-refractivity contribution in [1.82, 2.24) is 10.2 Å². The van der Waals surface area contributed by atoms with Crippen LogP contribution in [0.3, 0.4) is 0 Å². The summed E-state index contributed by atoms with van der Waals surface area (Å²) in [6.07, 6.45) is 5.15. The molecule has 1 heterocycles. The van der Waals surface area contributed by atoms with E-state index < -0.39 is 0 Å². The maximum absolute atomic E-state index is 14.1. The third kappa shape index (κ3) is 4.62. The molecule has 0 amide bonds. The van der Waals surface area contributed by atoms with Crippen molar-refractivity contribution in [2.45, 2.75) is 25.7 Å². The molecule has 138 valence electrons. The van der Waals surface area contributed by atoms with Crippen LogP contribution in [0.25, 0.3) is 0 Å². The van der Waals surface area contributed by atoms with Gasteiger partial charge < -0.3 is 4.90 Å². The molecule has 1 aliphatic heterocycles. The quantitative estimate of drug-likeness (QED) is 0.711. The normalized spacial score (nSPS) is 17.4. The molecule has 0 aromatic heterocycles. The monoisotopic (exact) mass is 429 g/mol. The highest BCUT2D eigenvalue weighted by atomic mass is 79.9. The van der Waals surface area contributed by atoms with Crippen LogP contribution in [0.1, 0.15) is 24.1 Å². The van der Waals surface area contributed by atoms with E-state index in [-0.39, 0.29) is 23.8 Å². The molecule has 0 saturated carbocycles. The average molecular weight is 430 g/mol. The lowest BCUT2D eigenvalue weighted by atomic mass is 10.0. The first kappa shape index (κ1) is 19.3. The molecule has 2 aromatic rings. The number of allylic oxidation sites excluding steroid dienone is 2. The van der Waals surface area contributed by atoms with E-state index >= 15 is 0 Å². The Labute approximate surface area is 165 Å². The molecule has 0 aliphatic carbocycles. The summed E-state index contributed by atoms with van der Waals surface area (Å²) >= 11 is 3.25. The van der Waals surface area contributed by atoms with Gasteiger partial charge in [-0.05, 0) is 48.9 Å². The number of nitriles is 1. The van der Waals surface area contributed by atoms with Crippen molar-refractivity contribution in [3.63, 3.8) is 0 Å². The molecule has 0 radical (unpaired) electrons. The van der Waals surface area contributed by atoms with Crippen LogP contribution in [0.15, 0.2) is 70.9 Å². The van der Waals surface area contributed by atoms with Crippen molar-refractivity contribution in [3.05, 3.63) is 93.6 Å². The van der Waals surface area contributed by atoms with Gasteiger partial charge in [0.05, 0.1) is 17.8 Å². The lowest BCUT2D eigenvalue weighted by Crippen LogP contribution is -2.43. The van der Waals surface area contributed by atoms with Crippen molar-refractivity contribution in [2.75, 3.05) is 0 Å². The summed E-state index contributed by atoms with van der Waals surface area (Å²) < 4.78 is 28.0. The second-order valence-electron chi connectivity index (χ2n) is 6.29. The molecule has 2 aromatic carbocycles. The van der Waals surface area contributed by atoms with Gasteiger partial charge >= 0.3 is 0 Å². The van der Waals surface area contributed by atoms with E-state index in [1.165, 1.54) is 18.2 Å². The molecule has 0 saturated heterocycles. The van der Waals surface area contributed by atoms with Gasteiger partial charge in [-0.3, -0.25) is 5.32 Å². The van der Waals surface area contributed by atoms with E-state index in [4.69, 9.17) is 0 Å². The minimum absolute atomic E-state index is 0.105. The van der Waals surface area contributed by atoms with Crippen LogP contribution < -0.4 is 5.32 Å². The van der Waals surface area contributed by atoms with Gasteiger partial charge in [0, 0.05) is 22.8 Å². The van der Waals surface area contributed by atoms with Gasteiger partial charge in [-0.1, -0.05) is 34.1 Å². The van der Waals surface area contributed by atoms with Crippen molar-refractivity contribution >= 4 is 15.9 Å². The van der Waals surface area contributed by atoms with Crippen molar-refractivity contribution in [1.29, 1.82) is 5.26 Å². The van der Waals surface area contributed by atoms with Crippen LogP contribution in [0.4, 0.5) is 8.78 Å². The van der Waals surface area contributed by atoms with Crippen LogP contribution >= 0.6 is 15.9 Å². The van der Waals surface area contributed by atoms with Gasteiger partial charge in [0.2, 0.25) is 0 Å². The topological polar surface area (TPSA) is 39.1 Å². The first-order valence-electron chi connectivity index (χ1n) is 8.48. The van der Waals surface area contributed by atoms with Gasteiger partial charge in [0.15, 0.2) is 0 Å². The summed E-state index contributed by atoms with van der Waals surface area (Å²) in [6, 6.07) is 13.3. The summed E-state index contributed by atoms with van der Waals surface area (Å²) in [5, 5.41) is 12.5. The number of nitrogens with zero attached hydrogens (tertiary/aromatic N) is 2. The third-order valence-electron chi connectivity index (χ3n) is 4.51. The minimum atomic E-state index is -0.293. The highest BCUT2D eigenvalue weighted by molar-refractivity contribution is 9.10. The molecule has 6 heteroatoms. The lowest BCUT2D eigenvalue weighted by molar-refractivity contribution is 0.213. The fourth-order valence-corrected chi connectivity index (χ4v) is 3.30. The van der Waals surface area contributed by atoms with Crippen LogP contribution in [-0.4, -0.2) is 11.1 Å². The Morgan fingerprint density at radius 3 is 2.63 bits per heavy atom. The van der Waals surface area contributed by atoms with E-state index in [1.807, 2.05) is 17.9 Å². The third-order valence-corrected chi connectivity index (χ3v) is 5.01. The Kier molecular flexibility index (Phi) is 6.04. The van der Waals surface area contributed by atoms with Crippen molar-refractivity contribution < 1.29 is 8.78 Å². The van der Waals surface area contributed by atoms with Gasteiger partial charge in [-0.2, -0.15) is 5.26 Å². The standard InChI is InChI=1S/C21H18BrF2N3/c1-14(16-4-7-19(23)8-5-16)27-13-15(11-25)2-9-21(27)26-12-17-3-6-18(22)10-20(17)24/h2-10,13-14,21,26H,12H2,1H3/t14?,21-/m0/s1. The zero-order chi connectivity index (χ0) is 19.4. The number of benzene rings is 2. The molecule has 1 N–H and O–H groups in total. The molecule has 3 nitrogen and oxygen atoms in total. The Morgan fingerprint density at radius 1 is 1.22 bits per heavy atom. The number of halogens is 3.